The molecule has 78 heavy (non-hydrogen) atoms. The van der Waals surface area contributed by atoms with Crippen LogP contribution < -0.4 is 5.32 Å². The molecule has 0 spiro atoms. The summed E-state index contributed by atoms with van der Waals surface area (Å²) in [6, 6.07) is 0. The molecule has 0 aromatic rings. The van der Waals surface area contributed by atoms with Gasteiger partial charge in [0.05, 0.1) is 58.9 Å². The number of hydrogen-bond acceptors (Lipinski definition) is 19. The van der Waals surface area contributed by atoms with Crippen molar-refractivity contribution in [2.45, 2.75) is 175 Å². The predicted octanol–water partition coefficient (Wildman–Crippen LogP) is 9.17. The Morgan fingerprint density at radius 2 is 0.962 bits per heavy atom. The Labute approximate surface area is 466 Å². The number of hydrogen-bond donors (Lipinski definition) is 2. The number of alkyl carbamates (subject to hydrolysis) is 1. The minimum Gasteiger partial charge on any atom is -0.465 e. The zero-order valence-electron chi connectivity index (χ0n) is 50.9. The van der Waals surface area contributed by atoms with Crippen LogP contribution in [0.4, 0.5) is 4.79 Å². The third-order valence-electron chi connectivity index (χ3n) is 13.1. The van der Waals surface area contributed by atoms with E-state index < -0.39 is 35.0 Å². The molecule has 2 rings (SSSR count). The first-order valence-corrected chi connectivity index (χ1v) is 26.9. The molecule has 0 radical (unpaired) electrons. The van der Waals surface area contributed by atoms with Crippen molar-refractivity contribution in [1.82, 2.24) is 5.32 Å². The number of carbonyl (C=O) groups excluding carboxylic acids is 8. The molecule has 20 heteroatoms. The van der Waals surface area contributed by atoms with Crippen LogP contribution in [0.3, 0.4) is 0 Å². The lowest BCUT2D eigenvalue weighted by Crippen LogP contribution is -2.47. The lowest BCUT2D eigenvalue weighted by atomic mass is 9.84. The number of carbonyl (C=O) groups is 8. The highest BCUT2D eigenvalue weighted by molar-refractivity contribution is 5.87. The fourth-order valence-electron chi connectivity index (χ4n) is 4.42. The van der Waals surface area contributed by atoms with Gasteiger partial charge < -0.3 is 57.8 Å². The first-order valence-electron chi connectivity index (χ1n) is 26.9. The predicted molar refractivity (Wildman–Crippen MR) is 296 cm³/mol. The van der Waals surface area contributed by atoms with E-state index in [2.05, 4.69) is 32.0 Å². The summed E-state index contributed by atoms with van der Waals surface area (Å²) in [5, 5.41) is 11.9. The molecule has 2 heterocycles. The van der Waals surface area contributed by atoms with Crippen molar-refractivity contribution in [3.63, 3.8) is 0 Å². The van der Waals surface area contributed by atoms with Gasteiger partial charge in [-0.2, -0.15) is 0 Å². The van der Waals surface area contributed by atoms with E-state index in [9.17, 15) is 43.5 Å². The zero-order chi connectivity index (χ0) is 61.1. The molecular formula is C58H101NO19. The van der Waals surface area contributed by atoms with Gasteiger partial charge in [0.15, 0.2) is 0 Å². The Balaban J connectivity index is -0.000000921. The van der Waals surface area contributed by atoms with E-state index in [0.29, 0.717) is 38.2 Å². The van der Waals surface area contributed by atoms with Crippen LogP contribution in [-0.2, 0) is 80.9 Å². The fourth-order valence-corrected chi connectivity index (χ4v) is 4.42. The summed E-state index contributed by atoms with van der Waals surface area (Å²) in [7, 11) is 0. The summed E-state index contributed by atoms with van der Waals surface area (Å²) in [6.45, 7) is 46.8. The highest BCUT2D eigenvalue weighted by Gasteiger charge is 2.40. The van der Waals surface area contributed by atoms with Crippen LogP contribution in [0.1, 0.15) is 163 Å². The molecule has 0 aromatic carbocycles. The van der Waals surface area contributed by atoms with Crippen LogP contribution >= 0.6 is 0 Å². The van der Waals surface area contributed by atoms with Crippen LogP contribution in [0.25, 0.3) is 0 Å². The minimum atomic E-state index is -1.02. The van der Waals surface area contributed by atoms with Gasteiger partial charge in [-0.15, -0.1) is 0 Å². The smallest absolute Gasteiger partial charge is 0.407 e. The van der Waals surface area contributed by atoms with Crippen molar-refractivity contribution >= 4 is 47.9 Å². The van der Waals surface area contributed by atoms with Gasteiger partial charge in [-0.1, -0.05) is 67.4 Å². The van der Waals surface area contributed by atoms with Gasteiger partial charge in [0.2, 0.25) is 0 Å². The molecule has 2 atom stereocenters. The summed E-state index contributed by atoms with van der Waals surface area (Å²) in [5.41, 5.74) is -1.55. The highest BCUT2D eigenvalue weighted by Crippen LogP contribution is 2.33. The molecule has 20 nitrogen and oxygen atoms in total. The Kier molecular flexibility index (Phi) is 37.8. The average molecular weight is 1120 g/mol. The normalized spacial score (nSPS) is 14.6. The second kappa shape index (κ2) is 38.3. The maximum atomic E-state index is 11.7. The van der Waals surface area contributed by atoms with E-state index in [1.807, 2.05) is 76.2 Å². The highest BCUT2D eigenvalue weighted by atomic mass is 16.6. The first kappa shape index (κ1) is 76.9. The first-order chi connectivity index (χ1) is 36.0. The Morgan fingerprint density at radius 1 is 0.577 bits per heavy atom. The van der Waals surface area contributed by atoms with E-state index >= 15 is 0 Å². The molecular weight excluding hydrogens is 1010 g/mol. The van der Waals surface area contributed by atoms with Crippen LogP contribution in [0.2, 0.25) is 0 Å². The summed E-state index contributed by atoms with van der Waals surface area (Å²) < 4.78 is 49.7. The number of aliphatic hydroxyl groups is 1. The third kappa shape index (κ3) is 33.8. The molecule has 2 saturated heterocycles. The van der Waals surface area contributed by atoms with E-state index in [-0.39, 0.29) is 103 Å². The lowest BCUT2D eigenvalue weighted by Gasteiger charge is -2.40. The molecule has 2 unspecified atom stereocenters. The van der Waals surface area contributed by atoms with E-state index in [1.165, 1.54) is 13.8 Å². The summed E-state index contributed by atoms with van der Waals surface area (Å²) in [6.07, 6.45) is 4.77. The number of nitrogens with one attached hydrogen (secondary N) is 1. The van der Waals surface area contributed by atoms with E-state index in [4.69, 9.17) is 47.4 Å². The fraction of sp³-hybridized carbons (Fsp3) is 0.759. The number of rotatable bonds is 29. The standard InChI is InChI=1S/C15H25NO6.C13H22O5.C12H22O3.C9H16O3.C9H16O2/c1-6-15(4,5)13(18)21-9-10-22-14(19)16-7-8-20-12(17)11(2)3;1-6-13(4,5)12(16)18-8-10(14)7-17-11(15)9(2)3;1-5-11(3,4)10(13)15-9-12(6-2)7-14-8-12;1-4-9(2,3)8(10)12-6-7-5-11-7;1-5-7-11-8(10)9(3,4)6-2/h2,6-10H2,1,3-5H3,(H,16,19);10,14H,2,6-8H2,1,3-5H3;5-9H2,1-4H3;7H,4-6H2,1-3H3;5H,1,6-7H2,2-4H3. The van der Waals surface area contributed by atoms with Gasteiger partial charge >= 0.3 is 47.9 Å². The molecule has 452 valence electrons. The quantitative estimate of drug-likeness (QED) is 0.0176. The summed E-state index contributed by atoms with van der Waals surface area (Å²) >= 11 is 0. The second-order valence-electron chi connectivity index (χ2n) is 22.3. The average Bonchev–Trinajstić information content (AvgIpc) is 4.23. The SMILES string of the molecule is C=C(C)C(=O)OCC(O)COC(=O)C(C)(C)CC.C=C(C)C(=O)OCCNC(=O)OCCOC(=O)C(C)(C)CC.C=CCOC(=O)C(C)(C)CC.CCC(C)(C)C(=O)OCC1CO1.CCC1(COC(=O)C(C)(C)CC)COC1. The lowest BCUT2D eigenvalue weighted by molar-refractivity contribution is -0.178. The number of epoxide rings is 1. The maximum Gasteiger partial charge on any atom is 0.407 e. The van der Waals surface area contributed by atoms with Crippen molar-refractivity contribution in [3.05, 3.63) is 37.0 Å². The van der Waals surface area contributed by atoms with Gasteiger partial charge in [0, 0.05) is 11.1 Å². The molecule has 1 amide bonds. The second-order valence-corrected chi connectivity index (χ2v) is 22.3. The van der Waals surface area contributed by atoms with Crippen molar-refractivity contribution < 1.29 is 90.8 Å². The molecule has 0 aromatic heterocycles. The van der Waals surface area contributed by atoms with E-state index in [1.54, 1.807) is 33.8 Å². The number of aliphatic hydroxyl groups excluding tert-OH is 1. The molecule has 2 aliphatic rings. The van der Waals surface area contributed by atoms with Crippen LogP contribution in [-0.4, -0.2) is 144 Å². The zero-order valence-corrected chi connectivity index (χ0v) is 50.9. The van der Waals surface area contributed by atoms with Crippen LogP contribution in [0, 0.1) is 32.5 Å². The van der Waals surface area contributed by atoms with E-state index in [0.717, 1.165) is 45.5 Å². The largest absolute Gasteiger partial charge is 0.465 e. The van der Waals surface area contributed by atoms with Gasteiger partial charge in [-0.3, -0.25) is 24.0 Å². The minimum absolute atomic E-state index is 0.000325. The summed E-state index contributed by atoms with van der Waals surface area (Å²) in [5.74, 6) is -2.17. The van der Waals surface area contributed by atoms with Gasteiger partial charge in [0.1, 0.15) is 65.1 Å². The Morgan fingerprint density at radius 3 is 1.35 bits per heavy atom. The van der Waals surface area contributed by atoms with Crippen molar-refractivity contribution in [2.24, 2.45) is 32.5 Å². The Hall–Kier alpha value is -5.34. The summed E-state index contributed by atoms with van der Waals surface area (Å²) in [4.78, 5) is 90.9. The molecule has 2 N–H and O–H groups in total. The van der Waals surface area contributed by atoms with Gasteiger partial charge in [-0.05, 0) is 122 Å². The van der Waals surface area contributed by atoms with Crippen molar-refractivity contribution in [2.75, 3.05) is 79.2 Å². The van der Waals surface area contributed by atoms with Crippen molar-refractivity contribution in [1.29, 1.82) is 0 Å². The Bertz CT molecular complexity index is 1890. The molecule has 2 aliphatic heterocycles. The molecule has 0 bridgehead atoms. The monoisotopic (exact) mass is 1120 g/mol. The third-order valence-corrected chi connectivity index (χ3v) is 13.1. The van der Waals surface area contributed by atoms with Crippen molar-refractivity contribution in [3.8, 4) is 0 Å². The maximum absolute atomic E-state index is 11.7. The number of amides is 1. The van der Waals surface area contributed by atoms with Crippen LogP contribution in [0.5, 0.6) is 0 Å². The van der Waals surface area contributed by atoms with Gasteiger partial charge in [0.25, 0.3) is 0 Å². The number of esters is 7. The molecule has 0 aliphatic carbocycles. The van der Waals surface area contributed by atoms with Crippen LogP contribution in [0.15, 0.2) is 37.0 Å². The number of ether oxygens (including phenoxy) is 10. The molecule has 0 saturated carbocycles. The molecule has 2 fully saturated rings. The topological polar surface area (TPSA) is 264 Å². The van der Waals surface area contributed by atoms with Gasteiger partial charge in [-0.25, -0.2) is 14.4 Å².